The fourth-order valence-electron chi connectivity index (χ4n) is 1.08. The van der Waals surface area contributed by atoms with E-state index in [0.29, 0.717) is 0 Å². The molecule has 1 heteroatoms. The smallest absolute Gasteiger partial charge is 0.0134 e. The van der Waals surface area contributed by atoms with Crippen LogP contribution in [0.25, 0.3) is 0 Å². The number of allylic oxidation sites excluding steroid dienone is 1. The highest BCUT2D eigenvalue weighted by Gasteiger charge is 1.89. The molecule has 0 aliphatic carbocycles. The van der Waals surface area contributed by atoms with E-state index in [1.54, 1.807) is 0 Å². The van der Waals surface area contributed by atoms with E-state index in [1.807, 2.05) is 0 Å². The first-order valence-electron chi connectivity index (χ1n) is 3.86. The van der Waals surface area contributed by atoms with Crippen molar-refractivity contribution in [1.29, 1.82) is 0 Å². The number of rotatable bonds is 0. The second kappa shape index (κ2) is 4.57. The summed E-state index contributed by atoms with van der Waals surface area (Å²) in [6, 6.07) is 0. The molecule has 0 unspecified atom stereocenters. The summed E-state index contributed by atoms with van der Waals surface area (Å²) in [4.78, 5) is 0. The summed E-state index contributed by atoms with van der Waals surface area (Å²) in [5.41, 5.74) is 0. The quantitative estimate of drug-likeness (QED) is 0.486. The van der Waals surface area contributed by atoms with Crippen LogP contribution in [0.15, 0.2) is 12.2 Å². The molecule has 1 aliphatic rings. The Morgan fingerprint density at radius 1 is 1.00 bits per heavy atom. The first-order valence-corrected chi connectivity index (χ1v) is 3.86. The molecule has 0 aromatic carbocycles. The van der Waals surface area contributed by atoms with E-state index in [-0.39, 0.29) is 0 Å². The van der Waals surface area contributed by atoms with Gasteiger partial charge in [-0.2, -0.15) is 0 Å². The third kappa shape index (κ3) is 3.31. The van der Waals surface area contributed by atoms with Crippen molar-refractivity contribution in [3.05, 3.63) is 12.2 Å². The average molecular weight is 125 g/mol. The van der Waals surface area contributed by atoms with E-state index in [2.05, 4.69) is 17.5 Å². The third-order valence-corrected chi connectivity index (χ3v) is 1.65. The molecule has 1 N–H and O–H groups in total. The van der Waals surface area contributed by atoms with Crippen molar-refractivity contribution in [2.24, 2.45) is 0 Å². The Hall–Kier alpha value is -0.300. The van der Waals surface area contributed by atoms with Gasteiger partial charge in [0.05, 0.1) is 0 Å². The van der Waals surface area contributed by atoms with Gasteiger partial charge in [0.1, 0.15) is 0 Å². The third-order valence-electron chi connectivity index (χ3n) is 1.65. The zero-order chi connectivity index (χ0) is 6.36. The molecule has 0 fully saturated rings. The van der Waals surface area contributed by atoms with Gasteiger partial charge in [-0.15, -0.1) is 0 Å². The molecule has 1 heterocycles. The molecule has 0 spiro atoms. The Kier molecular flexibility index (Phi) is 3.46. The zero-order valence-electron chi connectivity index (χ0n) is 5.90. The Labute approximate surface area is 57.1 Å². The van der Waals surface area contributed by atoms with Crippen LogP contribution in [-0.2, 0) is 0 Å². The van der Waals surface area contributed by atoms with Crippen molar-refractivity contribution in [3.8, 4) is 0 Å². The molecule has 0 atom stereocenters. The summed E-state index contributed by atoms with van der Waals surface area (Å²) in [5.74, 6) is 0. The van der Waals surface area contributed by atoms with Crippen LogP contribution in [0.4, 0.5) is 0 Å². The second-order valence-electron chi connectivity index (χ2n) is 2.52. The van der Waals surface area contributed by atoms with E-state index < -0.39 is 0 Å². The predicted octanol–water partition coefficient (Wildman–Crippen LogP) is 1.71. The van der Waals surface area contributed by atoms with Crippen LogP contribution in [0.5, 0.6) is 0 Å². The Bertz CT molecular complexity index is 76.6. The number of hydrogen-bond acceptors (Lipinski definition) is 1. The van der Waals surface area contributed by atoms with Gasteiger partial charge in [0, 0.05) is 6.54 Å². The van der Waals surface area contributed by atoms with Crippen LogP contribution < -0.4 is 5.32 Å². The SMILES string of the molecule is C1=CCNCCCCC1. The molecule has 0 saturated heterocycles. The Morgan fingerprint density at radius 3 is 3.00 bits per heavy atom. The van der Waals surface area contributed by atoms with Crippen LogP contribution >= 0.6 is 0 Å². The summed E-state index contributed by atoms with van der Waals surface area (Å²) >= 11 is 0. The average Bonchev–Trinajstić information content (AvgIpc) is 2.00. The first-order chi connectivity index (χ1) is 4.50. The van der Waals surface area contributed by atoms with Gasteiger partial charge < -0.3 is 5.32 Å². The molecular weight excluding hydrogens is 110 g/mol. The van der Waals surface area contributed by atoms with Crippen molar-refractivity contribution >= 4 is 0 Å². The molecule has 0 radical (unpaired) electrons. The lowest BCUT2D eigenvalue weighted by molar-refractivity contribution is 0.641. The van der Waals surface area contributed by atoms with Crippen molar-refractivity contribution in [2.75, 3.05) is 13.1 Å². The minimum absolute atomic E-state index is 1.07. The van der Waals surface area contributed by atoms with Crippen molar-refractivity contribution in [1.82, 2.24) is 5.32 Å². The molecule has 1 rings (SSSR count). The highest BCUT2D eigenvalue weighted by atomic mass is 14.8. The number of hydrogen-bond donors (Lipinski definition) is 1. The maximum absolute atomic E-state index is 3.34. The molecule has 1 aliphatic heterocycles. The monoisotopic (exact) mass is 125 g/mol. The molecular formula is C8H15N. The first kappa shape index (κ1) is 6.81. The number of nitrogens with one attached hydrogen (secondary N) is 1. The Morgan fingerprint density at radius 2 is 2.00 bits per heavy atom. The normalized spacial score (nSPS) is 22.2. The minimum Gasteiger partial charge on any atom is -0.313 e. The standard InChI is InChI=1S/C8H15N/c1-2-4-6-8-9-7-5-3-1/h3,5,9H,1-2,4,6-8H2. The maximum Gasteiger partial charge on any atom is 0.0134 e. The van der Waals surface area contributed by atoms with Crippen molar-refractivity contribution < 1.29 is 0 Å². The topological polar surface area (TPSA) is 12.0 Å². The van der Waals surface area contributed by atoms with Crippen molar-refractivity contribution in [2.45, 2.75) is 25.7 Å². The van der Waals surface area contributed by atoms with E-state index >= 15 is 0 Å². The van der Waals surface area contributed by atoms with Gasteiger partial charge >= 0.3 is 0 Å². The maximum atomic E-state index is 3.34. The highest BCUT2D eigenvalue weighted by Crippen LogP contribution is 2.00. The van der Waals surface area contributed by atoms with E-state index in [9.17, 15) is 0 Å². The summed E-state index contributed by atoms with van der Waals surface area (Å²) in [7, 11) is 0. The van der Waals surface area contributed by atoms with E-state index in [1.165, 1.54) is 32.2 Å². The zero-order valence-corrected chi connectivity index (χ0v) is 5.90. The fraction of sp³-hybridized carbons (Fsp3) is 0.750. The van der Waals surface area contributed by atoms with Gasteiger partial charge in [-0.1, -0.05) is 18.6 Å². The van der Waals surface area contributed by atoms with Gasteiger partial charge in [0.15, 0.2) is 0 Å². The molecule has 0 amide bonds. The van der Waals surface area contributed by atoms with Crippen LogP contribution in [-0.4, -0.2) is 13.1 Å². The summed E-state index contributed by atoms with van der Waals surface area (Å²) < 4.78 is 0. The lowest BCUT2D eigenvalue weighted by Gasteiger charge is -1.96. The molecule has 9 heavy (non-hydrogen) atoms. The molecule has 0 saturated carbocycles. The fourth-order valence-corrected chi connectivity index (χ4v) is 1.08. The minimum atomic E-state index is 1.07. The van der Waals surface area contributed by atoms with Gasteiger partial charge in [0.25, 0.3) is 0 Å². The predicted molar refractivity (Wildman–Crippen MR) is 40.5 cm³/mol. The van der Waals surface area contributed by atoms with Gasteiger partial charge in [-0.05, 0) is 25.8 Å². The van der Waals surface area contributed by atoms with Crippen LogP contribution in [0, 0.1) is 0 Å². The molecule has 0 bridgehead atoms. The lowest BCUT2D eigenvalue weighted by Crippen LogP contribution is -2.14. The molecule has 0 aromatic heterocycles. The highest BCUT2D eigenvalue weighted by molar-refractivity contribution is 4.84. The molecule has 52 valence electrons. The summed E-state index contributed by atoms with van der Waals surface area (Å²) in [6.07, 6.45) is 9.89. The van der Waals surface area contributed by atoms with Crippen LogP contribution in [0.2, 0.25) is 0 Å². The summed E-state index contributed by atoms with van der Waals surface area (Å²) in [6.45, 7) is 2.27. The van der Waals surface area contributed by atoms with Crippen molar-refractivity contribution in [3.63, 3.8) is 0 Å². The molecule has 0 aromatic rings. The van der Waals surface area contributed by atoms with E-state index in [4.69, 9.17) is 0 Å². The van der Waals surface area contributed by atoms with Crippen LogP contribution in [0.3, 0.4) is 0 Å². The second-order valence-corrected chi connectivity index (χ2v) is 2.52. The van der Waals surface area contributed by atoms with Gasteiger partial charge in [-0.25, -0.2) is 0 Å². The molecule has 1 nitrogen and oxygen atoms in total. The van der Waals surface area contributed by atoms with Crippen LogP contribution in [0.1, 0.15) is 25.7 Å². The van der Waals surface area contributed by atoms with Gasteiger partial charge in [-0.3, -0.25) is 0 Å². The Balaban J connectivity index is 2.15. The van der Waals surface area contributed by atoms with E-state index in [0.717, 1.165) is 6.54 Å². The summed E-state index contributed by atoms with van der Waals surface area (Å²) in [5, 5.41) is 3.34. The largest absolute Gasteiger partial charge is 0.313 e. The van der Waals surface area contributed by atoms with Gasteiger partial charge in [0.2, 0.25) is 0 Å². The lowest BCUT2D eigenvalue weighted by atomic mass is 10.2.